The number of aromatic nitrogens is 3. The van der Waals surface area contributed by atoms with Crippen molar-refractivity contribution in [3.8, 4) is 0 Å². The van der Waals surface area contributed by atoms with E-state index in [1.807, 2.05) is 0 Å². The minimum atomic E-state index is -0.0102. The number of fused-ring (bicyclic) bond motifs is 1. The molecule has 0 bridgehead atoms. The summed E-state index contributed by atoms with van der Waals surface area (Å²) in [4.78, 5) is 11.9. The molecule has 86 valence electrons. The summed E-state index contributed by atoms with van der Waals surface area (Å²) in [5.74, 6) is 0. The first kappa shape index (κ1) is 10.9. The van der Waals surface area contributed by atoms with E-state index in [9.17, 15) is 4.79 Å². The van der Waals surface area contributed by atoms with Gasteiger partial charge in [0.2, 0.25) is 0 Å². The number of hydrogen-bond acceptors (Lipinski definition) is 3. The predicted octanol–water partition coefficient (Wildman–Crippen LogP) is 0.659. The first-order valence-electron chi connectivity index (χ1n) is 5.46. The monoisotopic (exact) mass is 221 g/mol. The van der Waals surface area contributed by atoms with Gasteiger partial charge in [0, 0.05) is 25.5 Å². The molecule has 0 unspecified atom stereocenters. The highest BCUT2D eigenvalue weighted by molar-refractivity contribution is 5.42. The molecular weight excluding hydrogens is 206 g/mol. The Labute approximate surface area is 92.9 Å². The average Bonchev–Trinajstić information content (AvgIpc) is 2.76. The van der Waals surface area contributed by atoms with Gasteiger partial charge in [0.1, 0.15) is 5.52 Å². The largest absolute Gasteiger partial charge is 0.396 e. The Kier molecular flexibility index (Phi) is 3.36. The van der Waals surface area contributed by atoms with Crippen LogP contribution in [0.5, 0.6) is 0 Å². The van der Waals surface area contributed by atoms with E-state index in [0.717, 1.165) is 19.3 Å². The molecule has 0 aliphatic heterocycles. The predicted molar refractivity (Wildman–Crippen MR) is 60.4 cm³/mol. The normalized spacial score (nSPS) is 11.1. The van der Waals surface area contributed by atoms with Crippen molar-refractivity contribution < 1.29 is 5.11 Å². The van der Waals surface area contributed by atoms with Gasteiger partial charge in [0.05, 0.1) is 6.20 Å². The van der Waals surface area contributed by atoms with Crippen LogP contribution >= 0.6 is 0 Å². The van der Waals surface area contributed by atoms with Crippen LogP contribution in [0.3, 0.4) is 0 Å². The molecule has 0 amide bonds. The molecule has 2 heterocycles. The van der Waals surface area contributed by atoms with Crippen LogP contribution in [0, 0.1) is 0 Å². The number of rotatable bonds is 5. The molecule has 0 fully saturated rings. The maximum Gasteiger partial charge on any atom is 0.276 e. The van der Waals surface area contributed by atoms with Gasteiger partial charge in [-0.15, -0.1) is 0 Å². The molecule has 1 N–H and O–H groups in total. The summed E-state index contributed by atoms with van der Waals surface area (Å²) >= 11 is 0. The molecule has 5 nitrogen and oxygen atoms in total. The topological polar surface area (TPSA) is 59.5 Å². The molecule has 0 aliphatic rings. The van der Waals surface area contributed by atoms with Crippen molar-refractivity contribution in [2.45, 2.75) is 25.8 Å². The van der Waals surface area contributed by atoms with E-state index in [-0.39, 0.29) is 12.2 Å². The van der Waals surface area contributed by atoms with E-state index in [0.29, 0.717) is 12.1 Å². The summed E-state index contributed by atoms with van der Waals surface area (Å²) in [6, 6.07) is 1.71. The van der Waals surface area contributed by atoms with Crippen molar-refractivity contribution in [3.63, 3.8) is 0 Å². The summed E-state index contributed by atoms with van der Waals surface area (Å²) in [7, 11) is 0. The second-order valence-electron chi connectivity index (χ2n) is 3.74. The Bertz CT molecular complexity index is 515. The van der Waals surface area contributed by atoms with Crippen molar-refractivity contribution in [1.82, 2.24) is 14.2 Å². The highest BCUT2D eigenvalue weighted by atomic mass is 16.2. The molecule has 2 aromatic heterocycles. The van der Waals surface area contributed by atoms with Crippen molar-refractivity contribution in [2.24, 2.45) is 0 Å². The van der Waals surface area contributed by atoms with Gasteiger partial charge in [-0.25, -0.2) is 4.52 Å². The molecule has 0 spiro atoms. The van der Waals surface area contributed by atoms with Gasteiger partial charge in [0.25, 0.3) is 5.56 Å². The third-order valence-corrected chi connectivity index (χ3v) is 2.60. The maximum absolute atomic E-state index is 11.9. The molecule has 2 rings (SSSR count). The number of nitrogens with zero attached hydrogens (tertiary/aromatic N) is 3. The van der Waals surface area contributed by atoms with Crippen molar-refractivity contribution in [3.05, 3.63) is 35.0 Å². The van der Waals surface area contributed by atoms with E-state index in [1.165, 1.54) is 0 Å². The zero-order valence-electron chi connectivity index (χ0n) is 9.04. The van der Waals surface area contributed by atoms with Crippen LogP contribution in [0.1, 0.15) is 19.3 Å². The SMILES string of the molecule is O=c1c2ccnn2ccn1CCCCCO. The zero-order valence-corrected chi connectivity index (χ0v) is 9.04. The molecule has 0 aliphatic carbocycles. The Hall–Kier alpha value is -1.62. The molecule has 0 aromatic carbocycles. The lowest BCUT2D eigenvalue weighted by Crippen LogP contribution is -2.21. The summed E-state index contributed by atoms with van der Waals surface area (Å²) in [5, 5.41) is 12.7. The van der Waals surface area contributed by atoms with Crippen LogP contribution in [-0.4, -0.2) is 25.9 Å². The van der Waals surface area contributed by atoms with E-state index in [4.69, 9.17) is 5.11 Å². The average molecular weight is 221 g/mol. The molecule has 2 aromatic rings. The highest BCUT2D eigenvalue weighted by Gasteiger charge is 2.02. The lowest BCUT2D eigenvalue weighted by Gasteiger charge is -2.05. The Balaban J connectivity index is 2.12. The second kappa shape index (κ2) is 4.94. The third kappa shape index (κ3) is 2.14. The minimum absolute atomic E-state index is 0.0102. The van der Waals surface area contributed by atoms with E-state index in [1.54, 1.807) is 33.7 Å². The molecule has 0 atom stereocenters. The fraction of sp³-hybridized carbons (Fsp3) is 0.455. The van der Waals surface area contributed by atoms with Gasteiger partial charge in [-0.2, -0.15) is 5.10 Å². The van der Waals surface area contributed by atoms with Gasteiger partial charge < -0.3 is 9.67 Å². The lowest BCUT2D eigenvalue weighted by molar-refractivity contribution is 0.281. The summed E-state index contributed by atoms with van der Waals surface area (Å²) in [5.41, 5.74) is 0.591. The Morgan fingerprint density at radius 1 is 1.25 bits per heavy atom. The summed E-state index contributed by atoms with van der Waals surface area (Å²) in [6.45, 7) is 0.914. The Morgan fingerprint density at radius 3 is 2.94 bits per heavy atom. The van der Waals surface area contributed by atoms with Crippen LogP contribution in [0.15, 0.2) is 29.5 Å². The molecule has 0 saturated carbocycles. The van der Waals surface area contributed by atoms with Gasteiger partial charge in [0.15, 0.2) is 0 Å². The van der Waals surface area contributed by atoms with Gasteiger partial charge in [-0.1, -0.05) is 0 Å². The number of unbranched alkanes of at least 4 members (excludes halogenated alkanes) is 2. The first-order valence-corrected chi connectivity index (χ1v) is 5.46. The van der Waals surface area contributed by atoms with Crippen molar-refractivity contribution in [2.75, 3.05) is 6.61 Å². The minimum Gasteiger partial charge on any atom is -0.396 e. The zero-order chi connectivity index (χ0) is 11.4. The van der Waals surface area contributed by atoms with Crippen molar-refractivity contribution in [1.29, 1.82) is 0 Å². The molecule has 0 saturated heterocycles. The smallest absolute Gasteiger partial charge is 0.276 e. The molecule has 0 radical (unpaired) electrons. The second-order valence-corrected chi connectivity index (χ2v) is 3.74. The number of hydrogen-bond donors (Lipinski definition) is 1. The van der Waals surface area contributed by atoms with E-state index >= 15 is 0 Å². The number of aliphatic hydroxyl groups is 1. The van der Waals surface area contributed by atoms with E-state index in [2.05, 4.69) is 5.10 Å². The van der Waals surface area contributed by atoms with Gasteiger partial charge in [-0.05, 0) is 25.3 Å². The number of aliphatic hydroxyl groups excluding tert-OH is 1. The quantitative estimate of drug-likeness (QED) is 0.754. The lowest BCUT2D eigenvalue weighted by atomic mass is 10.2. The molecular formula is C11H15N3O2. The molecule has 16 heavy (non-hydrogen) atoms. The van der Waals surface area contributed by atoms with Crippen LogP contribution in [0.2, 0.25) is 0 Å². The van der Waals surface area contributed by atoms with Crippen LogP contribution in [-0.2, 0) is 6.54 Å². The number of aryl methyl sites for hydroxylation is 1. The first-order chi connectivity index (χ1) is 7.83. The van der Waals surface area contributed by atoms with Crippen LogP contribution in [0.4, 0.5) is 0 Å². The standard InChI is InChI=1S/C11H15N3O2/c15-9-3-1-2-6-13-7-8-14-10(11(13)16)4-5-12-14/h4-5,7-8,15H,1-3,6,9H2. The fourth-order valence-corrected chi connectivity index (χ4v) is 1.71. The Morgan fingerprint density at radius 2 is 2.12 bits per heavy atom. The maximum atomic E-state index is 11.9. The fourth-order valence-electron chi connectivity index (χ4n) is 1.71. The van der Waals surface area contributed by atoms with Crippen molar-refractivity contribution >= 4 is 5.52 Å². The third-order valence-electron chi connectivity index (χ3n) is 2.60. The highest BCUT2D eigenvalue weighted by Crippen LogP contribution is 1.99. The van der Waals surface area contributed by atoms with Crippen LogP contribution in [0.25, 0.3) is 5.52 Å². The summed E-state index contributed by atoms with van der Waals surface area (Å²) in [6.07, 6.45) is 7.79. The van der Waals surface area contributed by atoms with E-state index < -0.39 is 0 Å². The van der Waals surface area contributed by atoms with Gasteiger partial charge >= 0.3 is 0 Å². The van der Waals surface area contributed by atoms with Gasteiger partial charge in [-0.3, -0.25) is 4.79 Å². The van der Waals surface area contributed by atoms with Crippen LogP contribution < -0.4 is 5.56 Å². The molecule has 5 heteroatoms. The summed E-state index contributed by atoms with van der Waals surface area (Å²) < 4.78 is 3.26.